The predicted octanol–water partition coefficient (Wildman–Crippen LogP) is 0.697. The van der Waals surface area contributed by atoms with Crippen LogP contribution in [0.15, 0.2) is 59.8 Å². The first-order chi connectivity index (χ1) is 15.3. The number of aliphatic hydroxyl groups excluding tert-OH is 2. The summed E-state index contributed by atoms with van der Waals surface area (Å²) in [6.07, 6.45) is 0.130. The number of carboxylic acids is 1. The normalized spacial score (nSPS) is 26.4. The number of aliphatic hydroxyl groups is 2. The highest BCUT2D eigenvalue weighted by Gasteiger charge is 2.60. The molecule has 2 amide bonds. The molecule has 11 heteroatoms. The van der Waals surface area contributed by atoms with Crippen molar-refractivity contribution in [3.05, 3.63) is 60.3 Å². The van der Waals surface area contributed by atoms with Crippen LogP contribution in [0.25, 0.3) is 0 Å². The zero-order chi connectivity index (χ0) is 22.9. The lowest BCUT2D eigenvalue weighted by Gasteiger charge is -2.54. The van der Waals surface area contributed by atoms with Crippen molar-refractivity contribution in [1.82, 2.24) is 15.2 Å². The molecule has 2 saturated heterocycles. The van der Waals surface area contributed by atoms with Crippen LogP contribution in [0.3, 0.4) is 0 Å². The number of aromatic nitrogens is 1. The van der Waals surface area contributed by atoms with E-state index in [2.05, 4.69) is 10.3 Å². The molecular weight excluding hydrogens is 454 g/mol. The van der Waals surface area contributed by atoms with E-state index in [1.165, 1.54) is 16.7 Å². The van der Waals surface area contributed by atoms with Crippen LogP contribution in [0, 0.1) is 5.41 Å². The van der Waals surface area contributed by atoms with E-state index < -0.39 is 46.2 Å². The molecule has 32 heavy (non-hydrogen) atoms. The highest BCUT2D eigenvalue weighted by Crippen LogP contribution is 2.47. The molecule has 0 aliphatic carbocycles. The average molecular weight is 476 g/mol. The number of nitrogens with one attached hydrogen (secondary N) is 1. The Balaban J connectivity index is 1.43. The molecule has 168 valence electrons. The van der Waals surface area contributed by atoms with E-state index in [0.717, 1.165) is 11.8 Å². The van der Waals surface area contributed by atoms with Gasteiger partial charge in [0.2, 0.25) is 5.91 Å². The minimum Gasteiger partial charge on any atom is -0.481 e. The third-order valence-electron chi connectivity index (χ3n) is 5.54. The monoisotopic (exact) mass is 475 g/mol. The van der Waals surface area contributed by atoms with Crippen molar-refractivity contribution >= 4 is 41.3 Å². The van der Waals surface area contributed by atoms with Crippen molar-refractivity contribution in [1.29, 1.82) is 0 Å². The molecule has 1 aromatic heterocycles. The van der Waals surface area contributed by atoms with Crippen molar-refractivity contribution in [2.75, 3.05) is 12.3 Å². The second-order valence-electron chi connectivity index (χ2n) is 7.57. The van der Waals surface area contributed by atoms with Gasteiger partial charge < -0.3 is 25.5 Å². The number of rotatable bonds is 7. The molecule has 1 aromatic carbocycles. The molecule has 2 aliphatic heterocycles. The standard InChI is InChI=1S/C21H21N3O6S2/c25-15(12-6-2-1-3-7-12)16(26)23-14-17(27)24-10-21(19(28)29,11-31-18(14)24)20(30)32-13-8-4-5-9-22-13/h1-9,14-15,18,20,25,30H,10-11H2,(H,23,26)(H,28,29)/t14?,15?,18-,20?,21?/m1/s1. The summed E-state index contributed by atoms with van der Waals surface area (Å²) in [5.41, 5.74) is -2.51. The van der Waals surface area contributed by atoms with Gasteiger partial charge in [0.1, 0.15) is 22.3 Å². The Morgan fingerprint density at radius 2 is 1.91 bits per heavy atom. The number of benzene rings is 1. The van der Waals surface area contributed by atoms with E-state index in [4.69, 9.17) is 0 Å². The van der Waals surface area contributed by atoms with Gasteiger partial charge in [0.25, 0.3) is 5.91 Å². The number of hydrogen-bond donors (Lipinski definition) is 4. The summed E-state index contributed by atoms with van der Waals surface area (Å²) in [7, 11) is 0. The zero-order valence-corrected chi connectivity index (χ0v) is 18.3. The Kier molecular flexibility index (Phi) is 6.42. The minimum atomic E-state index is -1.59. The lowest BCUT2D eigenvalue weighted by Crippen LogP contribution is -2.74. The van der Waals surface area contributed by atoms with Crippen LogP contribution in [-0.2, 0) is 14.4 Å². The van der Waals surface area contributed by atoms with E-state index in [1.807, 2.05) is 0 Å². The molecule has 2 aromatic rings. The lowest BCUT2D eigenvalue weighted by atomic mass is 9.87. The molecule has 4 unspecified atom stereocenters. The van der Waals surface area contributed by atoms with Crippen LogP contribution in [0.1, 0.15) is 11.7 Å². The second kappa shape index (κ2) is 9.10. The van der Waals surface area contributed by atoms with Gasteiger partial charge in [-0.15, -0.1) is 11.8 Å². The number of carbonyl (C=O) groups is 3. The van der Waals surface area contributed by atoms with Crippen LogP contribution < -0.4 is 5.32 Å². The summed E-state index contributed by atoms with van der Waals surface area (Å²) in [6, 6.07) is 12.6. The number of fused-ring (bicyclic) bond motifs is 1. The quantitative estimate of drug-likeness (QED) is 0.259. The van der Waals surface area contributed by atoms with Crippen molar-refractivity contribution in [3.63, 3.8) is 0 Å². The van der Waals surface area contributed by atoms with Gasteiger partial charge in [-0.3, -0.25) is 14.4 Å². The number of β-lactam (4-membered cyclic amide) rings is 1. The van der Waals surface area contributed by atoms with Crippen LogP contribution in [-0.4, -0.2) is 72.1 Å². The van der Waals surface area contributed by atoms with E-state index >= 15 is 0 Å². The van der Waals surface area contributed by atoms with Gasteiger partial charge in [-0.25, -0.2) is 4.98 Å². The largest absolute Gasteiger partial charge is 0.481 e. The smallest absolute Gasteiger partial charge is 0.315 e. The molecule has 0 bridgehead atoms. The molecule has 2 aliphatic rings. The molecule has 5 atom stereocenters. The van der Waals surface area contributed by atoms with E-state index in [9.17, 15) is 29.7 Å². The molecule has 2 fully saturated rings. The fourth-order valence-corrected chi connectivity index (χ4v) is 6.32. The lowest BCUT2D eigenvalue weighted by molar-refractivity contribution is -0.162. The van der Waals surface area contributed by atoms with Crippen molar-refractivity contribution in [2.45, 2.75) is 28.0 Å². The molecule has 4 rings (SSSR count). The van der Waals surface area contributed by atoms with E-state index in [-0.39, 0.29) is 12.3 Å². The van der Waals surface area contributed by atoms with E-state index in [0.29, 0.717) is 10.6 Å². The Bertz CT molecular complexity index is 1010. The van der Waals surface area contributed by atoms with Gasteiger partial charge in [-0.05, 0) is 17.7 Å². The minimum absolute atomic E-state index is 0.0470. The third kappa shape index (κ3) is 4.08. The number of amides is 2. The summed E-state index contributed by atoms with van der Waals surface area (Å²) in [5, 5.41) is 33.5. The van der Waals surface area contributed by atoms with Gasteiger partial charge in [0, 0.05) is 18.5 Å². The number of hydrogen-bond acceptors (Lipinski definition) is 8. The molecule has 4 N–H and O–H groups in total. The van der Waals surface area contributed by atoms with Crippen LogP contribution in [0.5, 0.6) is 0 Å². The van der Waals surface area contributed by atoms with E-state index in [1.54, 1.807) is 54.7 Å². The summed E-state index contributed by atoms with van der Waals surface area (Å²) >= 11 is 2.11. The van der Waals surface area contributed by atoms with Crippen LogP contribution in [0.2, 0.25) is 0 Å². The van der Waals surface area contributed by atoms with Gasteiger partial charge >= 0.3 is 5.97 Å². The predicted molar refractivity (Wildman–Crippen MR) is 117 cm³/mol. The van der Waals surface area contributed by atoms with Crippen molar-refractivity contribution in [2.24, 2.45) is 5.41 Å². The fraction of sp³-hybridized carbons (Fsp3) is 0.333. The fourth-order valence-electron chi connectivity index (χ4n) is 3.64. The molecule has 0 spiro atoms. The maximum absolute atomic E-state index is 12.7. The molecule has 9 nitrogen and oxygen atoms in total. The Hall–Kier alpha value is -2.60. The zero-order valence-electron chi connectivity index (χ0n) is 16.7. The SMILES string of the molecule is O=C(NC1C(=O)N2CC(C(=O)O)(C(O)Sc3ccccn3)CS[C@H]12)C(O)c1ccccc1. The van der Waals surface area contributed by atoms with Gasteiger partial charge in [0.05, 0.1) is 5.03 Å². The Morgan fingerprint density at radius 3 is 2.56 bits per heavy atom. The molecule has 0 saturated carbocycles. The first-order valence-electron chi connectivity index (χ1n) is 9.78. The molecule has 3 heterocycles. The first kappa shape index (κ1) is 22.6. The number of thioether (sulfide) groups is 2. The highest BCUT2D eigenvalue weighted by molar-refractivity contribution is 8.01. The summed E-state index contributed by atoms with van der Waals surface area (Å²) in [4.78, 5) is 42.7. The second-order valence-corrected chi connectivity index (χ2v) is 9.77. The number of aliphatic carboxylic acids is 1. The molecular formula is C21H21N3O6S2. The van der Waals surface area contributed by atoms with Gasteiger partial charge in [0.15, 0.2) is 6.10 Å². The average Bonchev–Trinajstić information content (AvgIpc) is 2.82. The Morgan fingerprint density at radius 1 is 1.19 bits per heavy atom. The first-order valence-corrected chi connectivity index (χ1v) is 11.7. The topological polar surface area (TPSA) is 140 Å². The third-order valence-corrected chi connectivity index (χ3v) is 8.24. The van der Waals surface area contributed by atoms with Crippen LogP contribution in [0.4, 0.5) is 0 Å². The summed E-state index contributed by atoms with van der Waals surface area (Å²) in [6.45, 7) is -0.187. The highest BCUT2D eigenvalue weighted by atomic mass is 32.2. The molecule has 0 radical (unpaired) electrons. The summed E-state index contributed by atoms with van der Waals surface area (Å²) in [5.74, 6) is -2.31. The maximum Gasteiger partial charge on any atom is 0.315 e. The number of nitrogens with zero attached hydrogens (tertiary/aromatic N) is 2. The van der Waals surface area contributed by atoms with Crippen molar-refractivity contribution < 1.29 is 29.7 Å². The van der Waals surface area contributed by atoms with Gasteiger partial charge in [-0.1, -0.05) is 48.2 Å². The number of carboxylic acid groups (broad SMARTS) is 1. The maximum atomic E-state index is 12.7. The Labute approximate surface area is 192 Å². The number of pyridine rings is 1. The van der Waals surface area contributed by atoms with Crippen LogP contribution >= 0.6 is 23.5 Å². The summed E-state index contributed by atoms with van der Waals surface area (Å²) < 4.78 is 0. The number of carbonyl (C=O) groups excluding carboxylic acids is 2. The van der Waals surface area contributed by atoms with Gasteiger partial charge in [-0.2, -0.15) is 0 Å². The van der Waals surface area contributed by atoms with Crippen molar-refractivity contribution in [3.8, 4) is 0 Å².